The van der Waals surface area contributed by atoms with Gasteiger partial charge >= 0.3 is 0 Å². The van der Waals surface area contributed by atoms with Crippen LogP contribution in [0.4, 0.5) is 5.82 Å². The van der Waals surface area contributed by atoms with Crippen molar-refractivity contribution in [2.75, 3.05) is 31.7 Å². The van der Waals surface area contributed by atoms with Crippen LogP contribution in [0.15, 0.2) is 54.7 Å². The molecule has 0 atom stereocenters. The van der Waals surface area contributed by atoms with E-state index in [4.69, 9.17) is 28.2 Å². The second-order valence-corrected chi connectivity index (χ2v) is 10.6. The van der Waals surface area contributed by atoms with Gasteiger partial charge in [0.15, 0.2) is 5.82 Å². The van der Waals surface area contributed by atoms with Crippen molar-refractivity contribution in [2.24, 2.45) is 0 Å². The first-order valence-electron chi connectivity index (χ1n) is 11.8. The maximum absolute atomic E-state index is 13.1. The summed E-state index contributed by atoms with van der Waals surface area (Å²) >= 11 is 12.8. The first-order chi connectivity index (χ1) is 17.3. The Morgan fingerprint density at radius 2 is 1.75 bits per heavy atom. The number of aromatic nitrogens is 4. The lowest BCUT2D eigenvalue weighted by Gasteiger charge is -2.51. The highest BCUT2D eigenvalue weighted by Gasteiger charge is 2.60. The molecule has 2 fully saturated rings. The largest absolute Gasteiger partial charge is 0.348 e. The minimum atomic E-state index is -0.545. The van der Waals surface area contributed by atoms with E-state index < -0.39 is 5.54 Å². The standard InChI is InChI=1S/C26H25Cl2N7O/c1-16(2)34-15-32(3)25(36)26(34)13-33(14-26)24-22-21(12-29-31-24)35(18-10-8-17(27)9-11-18)23(30-22)19-6-4-5-7-20(19)28/h4-12,16H,13-15H2,1-3H3. The smallest absolute Gasteiger partial charge is 0.247 e. The molecule has 2 aliphatic rings. The van der Waals surface area contributed by atoms with Crippen molar-refractivity contribution in [3.05, 3.63) is 64.8 Å². The summed E-state index contributed by atoms with van der Waals surface area (Å²) in [5.74, 6) is 1.49. The topological polar surface area (TPSA) is 70.4 Å². The molecule has 6 rings (SSSR count). The van der Waals surface area contributed by atoms with E-state index >= 15 is 0 Å². The van der Waals surface area contributed by atoms with Gasteiger partial charge in [0.25, 0.3) is 0 Å². The molecule has 2 saturated heterocycles. The Labute approximate surface area is 219 Å². The molecule has 2 aromatic carbocycles. The number of likely N-dealkylation sites (N-methyl/N-ethyl adjacent to an activating group) is 1. The highest BCUT2D eigenvalue weighted by Crippen LogP contribution is 2.41. The van der Waals surface area contributed by atoms with E-state index in [1.54, 1.807) is 11.1 Å². The summed E-state index contributed by atoms with van der Waals surface area (Å²) in [5, 5.41) is 10.1. The number of hydrogen-bond acceptors (Lipinski definition) is 6. The van der Waals surface area contributed by atoms with Crippen LogP contribution in [0.25, 0.3) is 28.1 Å². The van der Waals surface area contributed by atoms with E-state index in [-0.39, 0.29) is 11.9 Å². The van der Waals surface area contributed by atoms with Gasteiger partial charge in [-0.1, -0.05) is 35.3 Å². The van der Waals surface area contributed by atoms with Crippen LogP contribution in [-0.4, -0.2) is 73.8 Å². The van der Waals surface area contributed by atoms with E-state index in [2.05, 4.69) is 33.8 Å². The third-order valence-corrected chi connectivity index (χ3v) is 7.73. The molecule has 0 unspecified atom stereocenters. The number of rotatable bonds is 4. The zero-order valence-electron chi connectivity index (χ0n) is 20.2. The van der Waals surface area contributed by atoms with Crippen molar-refractivity contribution in [3.63, 3.8) is 0 Å². The molecule has 36 heavy (non-hydrogen) atoms. The van der Waals surface area contributed by atoms with Gasteiger partial charge in [-0.25, -0.2) is 4.98 Å². The maximum Gasteiger partial charge on any atom is 0.247 e. The fourth-order valence-electron chi connectivity index (χ4n) is 5.41. The van der Waals surface area contributed by atoms with E-state index in [0.29, 0.717) is 47.0 Å². The first-order valence-corrected chi connectivity index (χ1v) is 12.6. The van der Waals surface area contributed by atoms with Gasteiger partial charge in [0, 0.05) is 42.5 Å². The summed E-state index contributed by atoms with van der Waals surface area (Å²) in [5.41, 5.74) is 2.65. The number of imidazole rings is 1. The summed E-state index contributed by atoms with van der Waals surface area (Å²) < 4.78 is 2.02. The molecule has 1 spiro atoms. The van der Waals surface area contributed by atoms with Crippen LogP contribution in [0, 0.1) is 0 Å². The lowest BCUT2D eigenvalue weighted by Crippen LogP contribution is -2.72. The minimum Gasteiger partial charge on any atom is -0.348 e. The van der Waals surface area contributed by atoms with Crippen LogP contribution in [0.1, 0.15) is 13.8 Å². The molecule has 0 radical (unpaired) electrons. The van der Waals surface area contributed by atoms with Crippen LogP contribution < -0.4 is 4.90 Å². The molecule has 0 bridgehead atoms. The molecule has 2 aliphatic heterocycles. The molecule has 0 N–H and O–H groups in total. The lowest BCUT2D eigenvalue weighted by atomic mass is 9.87. The number of anilines is 1. The van der Waals surface area contributed by atoms with Gasteiger partial charge < -0.3 is 9.80 Å². The normalized spacial score (nSPS) is 17.6. The van der Waals surface area contributed by atoms with Gasteiger partial charge in [-0.15, -0.1) is 5.10 Å². The van der Waals surface area contributed by atoms with Crippen LogP contribution in [0.2, 0.25) is 10.0 Å². The summed E-state index contributed by atoms with van der Waals surface area (Å²) in [6.45, 7) is 5.96. The summed E-state index contributed by atoms with van der Waals surface area (Å²) in [6.07, 6.45) is 1.71. The first kappa shape index (κ1) is 23.2. The third-order valence-electron chi connectivity index (χ3n) is 7.14. The molecule has 0 aliphatic carbocycles. The maximum atomic E-state index is 13.1. The molecule has 0 saturated carbocycles. The zero-order chi connectivity index (χ0) is 25.2. The molecular weight excluding hydrogens is 497 g/mol. The van der Waals surface area contributed by atoms with Gasteiger partial charge in [-0.05, 0) is 50.2 Å². The lowest BCUT2D eigenvalue weighted by molar-refractivity contribution is -0.134. The van der Waals surface area contributed by atoms with Gasteiger partial charge in [-0.2, -0.15) is 5.10 Å². The predicted molar refractivity (Wildman–Crippen MR) is 142 cm³/mol. The molecule has 2 aromatic heterocycles. The van der Waals surface area contributed by atoms with Crippen molar-refractivity contribution in [3.8, 4) is 17.1 Å². The van der Waals surface area contributed by atoms with Crippen molar-refractivity contribution < 1.29 is 4.79 Å². The molecule has 4 heterocycles. The number of hydrogen-bond donors (Lipinski definition) is 0. The van der Waals surface area contributed by atoms with Gasteiger partial charge in [0.2, 0.25) is 5.91 Å². The summed E-state index contributed by atoms with van der Waals surface area (Å²) in [7, 11) is 1.86. The SMILES string of the molecule is CC(C)N1CN(C)C(=O)C12CN(c1nncc3c1nc(-c1ccccc1Cl)n3-c1ccc(Cl)cc1)C2. The van der Waals surface area contributed by atoms with Gasteiger partial charge in [0.1, 0.15) is 16.9 Å². The monoisotopic (exact) mass is 521 g/mol. The third kappa shape index (κ3) is 3.39. The Balaban J connectivity index is 1.48. The summed E-state index contributed by atoms with van der Waals surface area (Å²) in [4.78, 5) is 24.3. The quantitative estimate of drug-likeness (QED) is 0.394. The number of amides is 1. The van der Waals surface area contributed by atoms with E-state index in [0.717, 1.165) is 16.8 Å². The Bertz CT molecular complexity index is 1480. The van der Waals surface area contributed by atoms with E-state index in [9.17, 15) is 4.79 Å². The highest BCUT2D eigenvalue weighted by atomic mass is 35.5. The second kappa shape index (κ2) is 8.44. The fourth-order valence-corrected chi connectivity index (χ4v) is 5.75. The van der Waals surface area contributed by atoms with Crippen molar-refractivity contribution >= 4 is 46.0 Å². The van der Waals surface area contributed by atoms with Gasteiger partial charge in [-0.3, -0.25) is 14.3 Å². The summed E-state index contributed by atoms with van der Waals surface area (Å²) in [6, 6.07) is 15.4. The number of fused-ring (bicyclic) bond motifs is 1. The number of benzene rings is 2. The second-order valence-electron chi connectivity index (χ2n) is 9.72. The van der Waals surface area contributed by atoms with Crippen LogP contribution in [0.5, 0.6) is 0 Å². The van der Waals surface area contributed by atoms with Gasteiger partial charge in [0.05, 0.1) is 23.4 Å². The van der Waals surface area contributed by atoms with E-state index in [1.807, 2.05) is 60.1 Å². The fraction of sp³-hybridized carbons (Fsp3) is 0.308. The number of carbonyl (C=O) groups excluding carboxylic acids is 1. The van der Waals surface area contributed by atoms with Crippen LogP contribution in [-0.2, 0) is 4.79 Å². The molecule has 184 valence electrons. The molecular formula is C26H25Cl2N7O. The van der Waals surface area contributed by atoms with Crippen molar-refractivity contribution in [1.82, 2.24) is 29.5 Å². The molecule has 4 aromatic rings. The molecule has 8 nitrogen and oxygen atoms in total. The Kier molecular flexibility index (Phi) is 5.44. The molecule has 1 amide bonds. The molecule has 10 heteroatoms. The van der Waals surface area contributed by atoms with Crippen molar-refractivity contribution in [1.29, 1.82) is 0 Å². The Morgan fingerprint density at radius 3 is 2.44 bits per heavy atom. The zero-order valence-corrected chi connectivity index (χ0v) is 21.7. The Morgan fingerprint density at radius 1 is 1.03 bits per heavy atom. The average molecular weight is 522 g/mol. The van der Waals surface area contributed by atoms with Crippen LogP contribution in [0.3, 0.4) is 0 Å². The Hall–Kier alpha value is -3.20. The average Bonchev–Trinajstić information content (AvgIpc) is 3.35. The van der Waals surface area contributed by atoms with Crippen LogP contribution >= 0.6 is 23.2 Å². The number of carbonyl (C=O) groups is 1. The van der Waals surface area contributed by atoms with E-state index in [1.165, 1.54) is 0 Å². The minimum absolute atomic E-state index is 0.149. The predicted octanol–water partition coefficient (Wildman–Crippen LogP) is 4.49. The number of halogens is 2. The number of nitrogens with zero attached hydrogens (tertiary/aromatic N) is 7. The highest BCUT2D eigenvalue weighted by molar-refractivity contribution is 6.33. The van der Waals surface area contributed by atoms with Crippen molar-refractivity contribution in [2.45, 2.75) is 25.4 Å².